The van der Waals surface area contributed by atoms with Crippen LogP contribution < -0.4 is 0 Å². The maximum atomic E-state index is 12.7. The molecule has 0 aliphatic carbocycles. The van der Waals surface area contributed by atoms with Gasteiger partial charge in [-0.25, -0.2) is 4.39 Å². The molecule has 0 radical (unpaired) electrons. The second-order valence-corrected chi connectivity index (χ2v) is 2.98. The van der Waals surface area contributed by atoms with Crippen LogP contribution in [0.1, 0.15) is 6.42 Å². The van der Waals surface area contributed by atoms with Gasteiger partial charge in [0.25, 0.3) is 0 Å². The molecule has 1 fully saturated rings. The molecule has 0 bridgehead atoms. The van der Waals surface area contributed by atoms with Crippen LogP contribution in [0, 0.1) is 0 Å². The van der Waals surface area contributed by atoms with E-state index in [1.807, 2.05) is 0 Å². The van der Waals surface area contributed by atoms with Crippen LogP contribution in [0.3, 0.4) is 0 Å². The summed E-state index contributed by atoms with van der Waals surface area (Å²) in [6.45, 7) is -0.00500. The summed E-state index contributed by atoms with van der Waals surface area (Å²) in [5.74, 6) is -0.578. The van der Waals surface area contributed by atoms with Crippen molar-refractivity contribution in [2.75, 3.05) is 12.4 Å². The second kappa shape index (κ2) is 3.85. The predicted molar refractivity (Wildman–Crippen MR) is 41.8 cm³/mol. The van der Waals surface area contributed by atoms with E-state index in [-0.39, 0.29) is 24.8 Å². The van der Waals surface area contributed by atoms with Gasteiger partial charge in [-0.2, -0.15) is 0 Å². The van der Waals surface area contributed by atoms with E-state index in [0.29, 0.717) is 6.29 Å². The van der Waals surface area contributed by atoms with Crippen LogP contribution >= 0.6 is 11.6 Å². The van der Waals surface area contributed by atoms with Crippen molar-refractivity contribution in [3.8, 4) is 0 Å². The number of aldehydes is 1. The first-order chi connectivity index (χ1) is 5.69. The van der Waals surface area contributed by atoms with Crippen LogP contribution in [-0.2, 0) is 9.59 Å². The lowest BCUT2D eigenvalue weighted by atomic mass is 10.2. The van der Waals surface area contributed by atoms with Crippen LogP contribution in [0.4, 0.5) is 4.39 Å². The van der Waals surface area contributed by atoms with Crippen LogP contribution in [0.25, 0.3) is 0 Å². The van der Waals surface area contributed by atoms with E-state index in [1.165, 1.54) is 4.90 Å². The monoisotopic (exact) mass is 193 g/mol. The normalized spacial score (nSPS) is 29.0. The van der Waals surface area contributed by atoms with Gasteiger partial charge >= 0.3 is 0 Å². The van der Waals surface area contributed by atoms with Gasteiger partial charge in [0.2, 0.25) is 5.91 Å². The van der Waals surface area contributed by atoms with E-state index in [0.717, 1.165) is 0 Å². The lowest BCUT2D eigenvalue weighted by Gasteiger charge is -2.18. The fourth-order valence-corrected chi connectivity index (χ4v) is 1.46. The van der Waals surface area contributed by atoms with E-state index in [1.54, 1.807) is 0 Å². The largest absolute Gasteiger partial charge is 0.329 e. The molecule has 0 aromatic carbocycles. The molecule has 5 heteroatoms. The Morgan fingerprint density at radius 2 is 2.42 bits per heavy atom. The highest BCUT2D eigenvalue weighted by Crippen LogP contribution is 2.18. The fourth-order valence-electron chi connectivity index (χ4n) is 1.31. The number of amides is 1. The highest BCUT2D eigenvalue weighted by atomic mass is 35.5. The SMILES string of the molecule is O=CC1CC(F)CN1C(=O)CCl. The molecule has 1 aliphatic rings. The molecule has 2 atom stereocenters. The third-order valence-electron chi connectivity index (χ3n) is 1.88. The van der Waals surface area contributed by atoms with Crippen molar-refractivity contribution < 1.29 is 14.0 Å². The zero-order valence-electron chi connectivity index (χ0n) is 6.37. The van der Waals surface area contributed by atoms with Gasteiger partial charge in [-0.1, -0.05) is 0 Å². The molecule has 0 aromatic rings. The first-order valence-electron chi connectivity index (χ1n) is 3.63. The average molecular weight is 194 g/mol. The minimum absolute atomic E-state index is 0.00500. The quantitative estimate of drug-likeness (QED) is 0.469. The van der Waals surface area contributed by atoms with Crippen LogP contribution in [0.15, 0.2) is 0 Å². The van der Waals surface area contributed by atoms with Gasteiger partial charge in [-0.3, -0.25) is 4.79 Å². The Morgan fingerprint density at radius 3 is 2.92 bits per heavy atom. The van der Waals surface area contributed by atoms with Gasteiger partial charge in [0, 0.05) is 6.42 Å². The smallest absolute Gasteiger partial charge is 0.238 e. The molecule has 0 aromatic heterocycles. The number of alkyl halides is 2. The summed E-state index contributed by atoms with van der Waals surface area (Å²) in [4.78, 5) is 22.6. The van der Waals surface area contributed by atoms with Crippen molar-refractivity contribution in [2.45, 2.75) is 18.6 Å². The molecule has 1 heterocycles. The van der Waals surface area contributed by atoms with Crippen LogP contribution in [-0.4, -0.2) is 41.7 Å². The molecule has 0 saturated carbocycles. The Balaban J connectivity index is 2.63. The molecule has 0 spiro atoms. The van der Waals surface area contributed by atoms with Crippen molar-refractivity contribution >= 4 is 23.8 Å². The Hall–Kier alpha value is -0.640. The Bertz CT molecular complexity index is 200. The molecular formula is C7H9ClFNO2. The van der Waals surface area contributed by atoms with E-state index in [2.05, 4.69) is 0 Å². The van der Waals surface area contributed by atoms with Crippen molar-refractivity contribution in [1.82, 2.24) is 4.90 Å². The summed E-state index contributed by atoms with van der Waals surface area (Å²) in [6.07, 6.45) is -0.400. The van der Waals surface area contributed by atoms with Gasteiger partial charge in [0.15, 0.2) is 0 Å². The first kappa shape index (κ1) is 9.45. The van der Waals surface area contributed by atoms with Crippen LogP contribution in [0.5, 0.6) is 0 Å². The molecule has 68 valence electrons. The zero-order valence-corrected chi connectivity index (χ0v) is 7.13. The standard InChI is InChI=1S/C7H9ClFNO2/c8-2-7(12)10-3-5(9)1-6(10)4-11/h4-6H,1-3H2. The van der Waals surface area contributed by atoms with Crippen molar-refractivity contribution in [2.24, 2.45) is 0 Å². The van der Waals surface area contributed by atoms with E-state index in [4.69, 9.17) is 11.6 Å². The molecule has 0 N–H and O–H groups in total. The number of hydrogen-bond acceptors (Lipinski definition) is 2. The van der Waals surface area contributed by atoms with E-state index in [9.17, 15) is 14.0 Å². The van der Waals surface area contributed by atoms with Crippen molar-refractivity contribution in [3.05, 3.63) is 0 Å². The average Bonchev–Trinajstić information content (AvgIpc) is 2.45. The molecule has 1 rings (SSSR count). The van der Waals surface area contributed by atoms with Crippen molar-refractivity contribution in [3.63, 3.8) is 0 Å². The van der Waals surface area contributed by atoms with E-state index < -0.39 is 12.2 Å². The minimum atomic E-state index is -1.09. The highest BCUT2D eigenvalue weighted by molar-refractivity contribution is 6.27. The lowest BCUT2D eigenvalue weighted by Crippen LogP contribution is -2.37. The molecular weight excluding hydrogens is 185 g/mol. The fraction of sp³-hybridized carbons (Fsp3) is 0.714. The van der Waals surface area contributed by atoms with Crippen molar-refractivity contribution in [1.29, 1.82) is 0 Å². The minimum Gasteiger partial charge on any atom is -0.329 e. The summed E-state index contributed by atoms with van der Waals surface area (Å²) >= 11 is 5.27. The molecule has 2 unspecified atom stereocenters. The van der Waals surface area contributed by atoms with Gasteiger partial charge in [-0.15, -0.1) is 11.6 Å². The summed E-state index contributed by atoms with van der Waals surface area (Å²) in [5.41, 5.74) is 0. The summed E-state index contributed by atoms with van der Waals surface area (Å²) < 4.78 is 12.7. The molecule has 1 saturated heterocycles. The topological polar surface area (TPSA) is 37.4 Å². The van der Waals surface area contributed by atoms with E-state index >= 15 is 0 Å². The first-order valence-corrected chi connectivity index (χ1v) is 4.17. The third-order valence-corrected chi connectivity index (χ3v) is 2.11. The number of nitrogens with zero attached hydrogens (tertiary/aromatic N) is 1. The summed E-state index contributed by atoms with van der Waals surface area (Å²) in [5, 5.41) is 0. The highest BCUT2D eigenvalue weighted by Gasteiger charge is 2.34. The number of carbonyl (C=O) groups is 2. The molecule has 1 amide bonds. The Labute approximate surface area is 74.5 Å². The number of carbonyl (C=O) groups excluding carboxylic acids is 2. The molecule has 12 heavy (non-hydrogen) atoms. The summed E-state index contributed by atoms with van der Waals surface area (Å²) in [6, 6.07) is -0.619. The van der Waals surface area contributed by atoms with Gasteiger partial charge in [-0.05, 0) is 0 Å². The lowest BCUT2D eigenvalue weighted by molar-refractivity contribution is -0.132. The predicted octanol–water partition coefficient (Wildman–Crippen LogP) is 0.363. The molecule has 3 nitrogen and oxygen atoms in total. The zero-order chi connectivity index (χ0) is 9.14. The number of likely N-dealkylation sites (tertiary alicyclic amines) is 1. The van der Waals surface area contributed by atoms with Gasteiger partial charge in [0.1, 0.15) is 18.3 Å². The third kappa shape index (κ3) is 1.75. The molecule has 1 aliphatic heterocycles. The Morgan fingerprint density at radius 1 is 1.75 bits per heavy atom. The maximum absolute atomic E-state index is 12.7. The van der Waals surface area contributed by atoms with Gasteiger partial charge < -0.3 is 9.69 Å². The second-order valence-electron chi connectivity index (χ2n) is 2.72. The van der Waals surface area contributed by atoms with Crippen LogP contribution in [0.2, 0.25) is 0 Å². The Kier molecular flexibility index (Phi) is 3.03. The number of halogens is 2. The number of rotatable bonds is 2. The maximum Gasteiger partial charge on any atom is 0.238 e. The summed E-state index contributed by atoms with van der Waals surface area (Å²) in [7, 11) is 0. The number of hydrogen-bond donors (Lipinski definition) is 0. The van der Waals surface area contributed by atoms with Gasteiger partial charge in [0.05, 0.1) is 12.6 Å².